The number of rotatable bonds is 9. The molecule has 0 radical (unpaired) electrons. The number of nitrogens with zero attached hydrogens (tertiary/aromatic N) is 1. The van der Waals surface area contributed by atoms with Crippen LogP contribution >= 0.6 is 11.6 Å². The first-order chi connectivity index (χ1) is 15.1. The molecular formula is C24H23ClN2O4. The van der Waals surface area contributed by atoms with Gasteiger partial charge < -0.3 is 14.2 Å². The Hall–Kier alpha value is -3.51. The second kappa shape index (κ2) is 11.0. The zero-order valence-electron chi connectivity index (χ0n) is 17.3. The molecule has 0 aromatic heterocycles. The van der Waals surface area contributed by atoms with E-state index in [0.717, 1.165) is 16.7 Å². The zero-order chi connectivity index (χ0) is 22.1. The second-order valence-corrected chi connectivity index (χ2v) is 7.08. The molecule has 3 aromatic rings. The molecule has 0 fully saturated rings. The summed E-state index contributed by atoms with van der Waals surface area (Å²) in [5, 5.41) is 4.72. The van der Waals surface area contributed by atoms with Crippen LogP contribution in [0.15, 0.2) is 71.8 Å². The van der Waals surface area contributed by atoms with Crippen molar-refractivity contribution in [1.82, 2.24) is 5.43 Å². The molecule has 0 spiro atoms. The summed E-state index contributed by atoms with van der Waals surface area (Å²) in [5.74, 6) is 1.66. The molecule has 3 aromatic carbocycles. The Labute approximate surface area is 186 Å². The molecule has 3 rings (SSSR count). The summed E-state index contributed by atoms with van der Waals surface area (Å²) in [6.07, 6.45) is 1.74. The van der Waals surface area contributed by atoms with Gasteiger partial charge in [0.15, 0.2) is 11.5 Å². The molecule has 1 amide bonds. The van der Waals surface area contributed by atoms with E-state index in [1.165, 1.54) is 0 Å². The Bertz CT molecular complexity index is 1050. The Morgan fingerprint density at radius 3 is 2.45 bits per heavy atom. The summed E-state index contributed by atoms with van der Waals surface area (Å²) in [7, 11) is 3.12. The van der Waals surface area contributed by atoms with Gasteiger partial charge in [-0.25, -0.2) is 5.43 Å². The molecule has 0 bridgehead atoms. The fourth-order valence-corrected chi connectivity index (χ4v) is 2.95. The number of carbonyl (C=O) groups excluding carboxylic acids is 1. The highest BCUT2D eigenvalue weighted by Crippen LogP contribution is 2.27. The minimum atomic E-state index is -0.237. The highest BCUT2D eigenvalue weighted by Gasteiger charge is 2.08. The Balaban J connectivity index is 1.52. The number of halogens is 1. The molecule has 6 nitrogen and oxygen atoms in total. The smallest absolute Gasteiger partial charge is 0.244 e. The number of hydrogen-bond donors (Lipinski definition) is 1. The average molecular weight is 439 g/mol. The van der Waals surface area contributed by atoms with Gasteiger partial charge in [0, 0.05) is 5.02 Å². The van der Waals surface area contributed by atoms with E-state index in [-0.39, 0.29) is 12.3 Å². The summed E-state index contributed by atoms with van der Waals surface area (Å²) in [6.45, 7) is 0.430. The minimum absolute atomic E-state index is 0.169. The molecule has 0 saturated carbocycles. The van der Waals surface area contributed by atoms with Crippen molar-refractivity contribution >= 4 is 23.7 Å². The first-order valence-electron chi connectivity index (χ1n) is 9.57. The lowest BCUT2D eigenvalue weighted by Gasteiger charge is -2.09. The van der Waals surface area contributed by atoms with E-state index in [4.69, 9.17) is 25.8 Å². The predicted molar refractivity (Wildman–Crippen MR) is 121 cm³/mol. The van der Waals surface area contributed by atoms with E-state index in [1.807, 2.05) is 54.6 Å². The number of amides is 1. The number of hydrazone groups is 1. The predicted octanol–water partition coefficient (Wildman–Crippen LogP) is 4.63. The largest absolute Gasteiger partial charge is 0.493 e. The minimum Gasteiger partial charge on any atom is -0.493 e. The fraction of sp³-hybridized carbons (Fsp3) is 0.167. The molecule has 31 heavy (non-hydrogen) atoms. The van der Waals surface area contributed by atoms with Crippen molar-refractivity contribution in [2.75, 3.05) is 14.2 Å². The summed E-state index contributed by atoms with van der Waals surface area (Å²) in [6, 6.07) is 20.3. The van der Waals surface area contributed by atoms with E-state index in [0.29, 0.717) is 28.9 Å². The molecule has 0 saturated heterocycles. The molecule has 0 heterocycles. The van der Waals surface area contributed by atoms with Crippen LogP contribution in [0.25, 0.3) is 0 Å². The van der Waals surface area contributed by atoms with Gasteiger partial charge in [0.25, 0.3) is 0 Å². The summed E-state index contributed by atoms with van der Waals surface area (Å²) < 4.78 is 16.3. The number of ether oxygens (including phenoxy) is 3. The molecule has 160 valence electrons. The maximum absolute atomic E-state index is 12.2. The lowest BCUT2D eigenvalue weighted by molar-refractivity contribution is -0.120. The summed E-state index contributed by atoms with van der Waals surface area (Å²) >= 11 is 5.90. The third-order valence-corrected chi connectivity index (χ3v) is 4.64. The van der Waals surface area contributed by atoms with Gasteiger partial charge in [-0.15, -0.1) is 0 Å². The highest BCUT2D eigenvalue weighted by molar-refractivity contribution is 6.30. The average Bonchev–Trinajstić information content (AvgIpc) is 2.79. The van der Waals surface area contributed by atoms with Gasteiger partial charge in [0.1, 0.15) is 12.4 Å². The first-order valence-corrected chi connectivity index (χ1v) is 9.95. The quantitative estimate of drug-likeness (QED) is 0.390. The van der Waals surface area contributed by atoms with E-state index in [1.54, 1.807) is 32.6 Å². The lowest BCUT2D eigenvalue weighted by Crippen LogP contribution is -2.19. The monoisotopic (exact) mass is 438 g/mol. The summed E-state index contributed by atoms with van der Waals surface area (Å²) in [5.41, 5.74) is 5.15. The first kappa shape index (κ1) is 22.2. The summed E-state index contributed by atoms with van der Waals surface area (Å²) in [4.78, 5) is 12.2. The third kappa shape index (κ3) is 6.76. The van der Waals surface area contributed by atoms with Crippen molar-refractivity contribution in [2.45, 2.75) is 13.0 Å². The zero-order valence-corrected chi connectivity index (χ0v) is 18.1. The van der Waals surface area contributed by atoms with Crippen LogP contribution in [0.3, 0.4) is 0 Å². The molecule has 0 unspecified atom stereocenters. The molecule has 0 aliphatic heterocycles. The van der Waals surface area contributed by atoms with Crippen LogP contribution in [0.4, 0.5) is 0 Å². The molecule has 1 N–H and O–H groups in total. The van der Waals surface area contributed by atoms with Crippen LogP contribution in [0.1, 0.15) is 16.7 Å². The standard InChI is InChI=1S/C24H23ClN2O4/c1-29-22-11-8-18(13-23(22)30-2)14-24(28)27-26-15-19-4-3-5-21(12-19)31-16-17-6-9-20(25)10-7-17/h3-13,15H,14,16H2,1-2H3,(H,27,28)/b26-15-. The van der Waals surface area contributed by atoms with Crippen LogP contribution in [0, 0.1) is 0 Å². The lowest BCUT2D eigenvalue weighted by atomic mass is 10.1. The topological polar surface area (TPSA) is 69.2 Å². The maximum atomic E-state index is 12.2. The Morgan fingerprint density at radius 1 is 0.968 bits per heavy atom. The van der Waals surface area contributed by atoms with Gasteiger partial charge in [0.2, 0.25) is 5.91 Å². The van der Waals surface area contributed by atoms with Crippen LogP contribution < -0.4 is 19.6 Å². The van der Waals surface area contributed by atoms with E-state index in [2.05, 4.69) is 10.5 Å². The molecule has 0 atom stereocenters. The van der Waals surface area contributed by atoms with E-state index >= 15 is 0 Å². The molecular weight excluding hydrogens is 416 g/mol. The SMILES string of the molecule is COc1ccc(CC(=O)N/N=C\c2cccc(OCc3ccc(Cl)cc3)c2)cc1OC. The van der Waals surface area contributed by atoms with Gasteiger partial charge in [-0.3, -0.25) is 4.79 Å². The van der Waals surface area contributed by atoms with Crippen molar-refractivity contribution in [2.24, 2.45) is 5.10 Å². The van der Waals surface area contributed by atoms with Gasteiger partial charge in [-0.05, 0) is 53.1 Å². The van der Waals surface area contributed by atoms with Crippen molar-refractivity contribution in [3.05, 3.63) is 88.4 Å². The molecule has 0 aliphatic rings. The van der Waals surface area contributed by atoms with Crippen molar-refractivity contribution in [3.63, 3.8) is 0 Å². The molecule has 0 aliphatic carbocycles. The van der Waals surface area contributed by atoms with Gasteiger partial charge >= 0.3 is 0 Å². The van der Waals surface area contributed by atoms with Gasteiger partial charge in [-0.2, -0.15) is 5.10 Å². The number of hydrogen-bond acceptors (Lipinski definition) is 5. The van der Waals surface area contributed by atoms with Crippen LogP contribution in [0.5, 0.6) is 17.2 Å². The van der Waals surface area contributed by atoms with Crippen molar-refractivity contribution in [1.29, 1.82) is 0 Å². The van der Waals surface area contributed by atoms with E-state index < -0.39 is 0 Å². The van der Waals surface area contributed by atoms with Gasteiger partial charge in [0.05, 0.1) is 26.9 Å². The molecule has 7 heteroatoms. The number of nitrogens with one attached hydrogen (secondary N) is 1. The third-order valence-electron chi connectivity index (χ3n) is 4.39. The second-order valence-electron chi connectivity index (χ2n) is 6.65. The van der Waals surface area contributed by atoms with Gasteiger partial charge in [-0.1, -0.05) is 41.9 Å². The maximum Gasteiger partial charge on any atom is 0.244 e. The highest BCUT2D eigenvalue weighted by atomic mass is 35.5. The Morgan fingerprint density at radius 2 is 1.71 bits per heavy atom. The van der Waals surface area contributed by atoms with Crippen molar-refractivity contribution in [3.8, 4) is 17.2 Å². The van der Waals surface area contributed by atoms with Crippen molar-refractivity contribution < 1.29 is 19.0 Å². The van der Waals surface area contributed by atoms with Crippen LogP contribution in [0.2, 0.25) is 5.02 Å². The normalized spacial score (nSPS) is 10.7. The fourth-order valence-electron chi connectivity index (χ4n) is 2.83. The van der Waals surface area contributed by atoms with Crippen LogP contribution in [-0.4, -0.2) is 26.3 Å². The number of benzene rings is 3. The number of carbonyl (C=O) groups is 1. The number of methoxy groups -OCH3 is 2. The van der Waals surface area contributed by atoms with E-state index in [9.17, 15) is 4.79 Å². The van der Waals surface area contributed by atoms with Crippen LogP contribution in [-0.2, 0) is 17.8 Å². The Kier molecular flexibility index (Phi) is 7.90.